The maximum Gasteiger partial charge on any atom is 0.437 e. The number of aromatic nitrogens is 2. The van der Waals surface area contributed by atoms with Crippen LogP contribution in [0.25, 0.3) is 11.7 Å². The molecule has 124 valence electrons. The van der Waals surface area contributed by atoms with Gasteiger partial charge in [-0.1, -0.05) is 0 Å². The zero-order chi connectivity index (χ0) is 17.4. The fourth-order valence-corrected chi connectivity index (χ4v) is 2.63. The molecule has 0 spiro atoms. The van der Waals surface area contributed by atoms with E-state index in [2.05, 4.69) is 5.10 Å². The molecule has 0 aliphatic rings. The Balaban J connectivity index is 1.93. The molecule has 2 heterocycles. The molecule has 6 heteroatoms. The van der Waals surface area contributed by atoms with Crippen molar-refractivity contribution in [3.63, 3.8) is 0 Å². The van der Waals surface area contributed by atoms with E-state index >= 15 is 0 Å². The lowest BCUT2D eigenvalue weighted by molar-refractivity contribution is 0.0964. The number of ketones is 1. The van der Waals surface area contributed by atoms with E-state index < -0.39 is 5.76 Å². The molecule has 0 bridgehead atoms. The van der Waals surface area contributed by atoms with Crippen molar-refractivity contribution < 1.29 is 13.6 Å². The molecule has 0 saturated heterocycles. The third-order valence-electron chi connectivity index (χ3n) is 4.41. The van der Waals surface area contributed by atoms with E-state index in [0.29, 0.717) is 11.3 Å². The fraction of sp³-hybridized carbons (Fsp3) is 0.278. The summed E-state index contributed by atoms with van der Waals surface area (Å²) in [4.78, 5) is 24.5. The number of hydrogen-bond donors (Lipinski definition) is 0. The highest BCUT2D eigenvalue weighted by atomic mass is 16.4. The summed E-state index contributed by atoms with van der Waals surface area (Å²) in [5.74, 6) is -0.463. The molecule has 24 heavy (non-hydrogen) atoms. The Morgan fingerprint density at radius 2 is 1.92 bits per heavy atom. The molecule has 3 aromatic rings. The van der Waals surface area contributed by atoms with Gasteiger partial charge in [0.05, 0.1) is 6.26 Å². The summed E-state index contributed by atoms with van der Waals surface area (Å²) in [6, 6.07) is 5.16. The van der Waals surface area contributed by atoms with Crippen LogP contribution in [-0.2, 0) is 6.54 Å². The summed E-state index contributed by atoms with van der Waals surface area (Å²) in [6.07, 6.45) is 1.46. The van der Waals surface area contributed by atoms with E-state index in [-0.39, 0.29) is 18.2 Å². The molecule has 0 saturated carbocycles. The summed E-state index contributed by atoms with van der Waals surface area (Å²) in [5, 5.41) is 4.03. The van der Waals surface area contributed by atoms with Crippen LogP contribution < -0.4 is 5.76 Å². The van der Waals surface area contributed by atoms with Crippen LogP contribution in [0.15, 0.2) is 38.1 Å². The second-order valence-corrected chi connectivity index (χ2v) is 5.85. The van der Waals surface area contributed by atoms with Crippen molar-refractivity contribution >= 4 is 5.78 Å². The zero-order valence-electron chi connectivity index (χ0n) is 14.0. The second-order valence-electron chi connectivity index (χ2n) is 5.85. The number of rotatable bonds is 4. The van der Waals surface area contributed by atoms with Crippen molar-refractivity contribution in [1.82, 2.24) is 9.78 Å². The van der Waals surface area contributed by atoms with Gasteiger partial charge in [0.2, 0.25) is 0 Å². The van der Waals surface area contributed by atoms with Gasteiger partial charge >= 0.3 is 5.76 Å². The quantitative estimate of drug-likeness (QED) is 0.688. The molecule has 0 atom stereocenters. The van der Waals surface area contributed by atoms with Crippen molar-refractivity contribution in [3.05, 3.63) is 62.8 Å². The van der Waals surface area contributed by atoms with Crippen LogP contribution >= 0.6 is 0 Å². The summed E-state index contributed by atoms with van der Waals surface area (Å²) < 4.78 is 11.2. The van der Waals surface area contributed by atoms with Gasteiger partial charge in [-0.15, -0.1) is 5.10 Å². The molecular formula is C18H18N2O4. The summed E-state index contributed by atoms with van der Waals surface area (Å²) in [5.41, 5.74) is 4.83. The fourth-order valence-electron chi connectivity index (χ4n) is 2.63. The number of carbonyl (C=O) groups excluding carboxylic acids is 1. The van der Waals surface area contributed by atoms with Crippen molar-refractivity contribution in [1.29, 1.82) is 0 Å². The van der Waals surface area contributed by atoms with Crippen LogP contribution in [0.3, 0.4) is 0 Å². The number of Topliss-reactive ketones (excluding diaryl/α,β-unsaturated/α-hetero) is 1. The molecule has 1 aromatic carbocycles. The molecule has 0 radical (unpaired) electrons. The van der Waals surface area contributed by atoms with Gasteiger partial charge in [0, 0.05) is 5.56 Å². The van der Waals surface area contributed by atoms with Gasteiger partial charge in [0.1, 0.15) is 6.54 Å². The Labute approximate surface area is 138 Å². The Hall–Kier alpha value is -2.89. The molecule has 0 fully saturated rings. The van der Waals surface area contributed by atoms with Gasteiger partial charge in [-0.25, -0.2) is 4.79 Å². The van der Waals surface area contributed by atoms with Gasteiger partial charge in [0.25, 0.3) is 5.89 Å². The second kappa shape index (κ2) is 5.96. The molecule has 0 amide bonds. The topological polar surface area (TPSA) is 78.2 Å². The van der Waals surface area contributed by atoms with Crippen LogP contribution in [0.5, 0.6) is 0 Å². The Morgan fingerprint density at radius 3 is 2.58 bits per heavy atom. The normalized spacial score (nSPS) is 11.0. The van der Waals surface area contributed by atoms with Gasteiger partial charge < -0.3 is 8.83 Å². The number of furan rings is 1. The van der Waals surface area contributed by atoms with Gasteiger partial charge in [-0.2, -0.15) is 4.68 Å². The SMILES string of the molecule is Cc1cc(C(=O)Cn2nc(-c3ccco3)oc2=O)c(C)c(C)c1C. The van der Waals surface area contributed by atoms with Crippen LogP contribution in [0.4, 0.5) is 0 Å². The predicted octanol–water partition coefficient (Wildman–Crippen LogP) is 3.21. The van der Waals surface area contributed by atoms with E-state index in [4.69, 9.17) is 8.83 Å². The molecule has 0 unspecified atom stereocenters. The first-order valence-electron chi connectivity index (χ1n) is 7.61. The minimum Gasteiger partial charge on any atom is -0.459 e. The highest BCUT2D eigenvalue weighted by Crippen LogP contribution is 2.22. The smallest absolute Gasteiger partial charge is 0.437 e. The third-order valence-corrected chi connectivity index (χ3v) is 4.41. The van der Waals surface area contributed by atoms with Crippen LogP contribution in [-0.4, -0.2) is 15.6 Å². The van der Waals surface area contributed by atoms with Crippen molar-refractivity contribution in [3.8, 4) is 11.7 Å². The van der Waals surface area contributed by atoms with Crippen LogP contribution in [0, 0.1) is 27.7 Å². The molecule has 3 rings (SSSR count). The molecule has 0 N–H and O–H groups in total. The van der Waals surface area contributed by atoms with Crippen LogP contribution in [0.2, 0.25) is 0 Å². The summed E-state index contributed by atoms with van der Waals surface area (Å²) in [7, 11) is 0. The summed E-state index contributed by atoms with van der Waals surface area (Å²) >= 11 is 0. The first-order valence-corrected chi connectivity index (χ1v) is 7.61. The zero-order valence-corrected chi connectivity index (χ0v) is 14.0. The first-order chi connectivity index (χ1) is 11.4. The molecule has 2 aromatic heterocycles. The third kappa shape index (κ3) is 2.71. The summed E-state index contributed by atoms with van der Waals surface area (Å²) in [6.45, 7) is 7.73. The number of benzene rings is 1. The number of aryl methyl sites for hydroxylation is 1. The highest BCUT2D eigenvalue weighted by molar-refractivity contribution is 5.97. The van der Waals surface area contributed by atoms with Crippen LogP contribution in [0.1, 0.15) is 32.6 Å². The lowest BCUT2D eigenvalue weighted by atomic mass is 9.92. The van der Waals surface area contributed by atoms with Crippen molar-refractivity contribution in [2.45, 2.75) is 34.2 Å². The lowest BCUT2D eigenvalue weighted by Crippen LogP contribution is -2.22. The Morgan fingerprint density at radius 1 is 1.17 bits per heavy atom. The van der Waals surface area contributed by atoms with Gasteiger partial charge in [-0.3, -0.25) is 4.79 Å². The molecule has 0 aliphatic heterocycles. The number of carbonyl (C=O) groups is 1. The monoisotopic (exact) mass is 326 g/mol. The van der Waals surface area contributed by atoms with Gasteiger partial charge in [-0.05, 0) is 68.1 Å². The van der Waals surface area contributed by atoms with E-state index in [9.17, 15) is 9.59 Å². The van der Waals surface area contributed by atoms with E-state index in [1.54, 1.807) is 12.1 Å². The number of hydrogen-bond acceptors (Lipinski definition) is 5. The predicted molar refractivity (Wildman–Crippen MR) is 88.2 cm³/mol. The standard InChI is InChI=1S/C18H18N2O4/c1-10-8-14(13(4)12(3)11(10)2)15(21)9-20-18(22)24-17(19-20)16-6-5-7-23-16/h5-8H,9H2,1-4H3. The average molecular weight is 326 g/mol. The Bertz CT molecular complexity index is 962. The highest BCUT2D eigenvalue weighted by Gasteiger charge is 2.18. The van der Waals surface area contributed by atoms with Crippen molar-refractivity contribution in [2.24, 2.45) is 0 Å². The lowest BCUT2D eigenvalue weighted by Gasteiger charge is -2.13. The van der Waals surface area contributed by atoms with Crippen molar-refractivity contribution in [2.75, 3.05) is 0 Å². The molecule has 0 aliphatic carbocycles. The molecular weight excluding hydrogens is 308 g/mol. The molecule has 6 nitrogen and oxygen atoms in total. The minimum atomic E-state index is -0.687. The largest absolute Gasteiger partial charge is 0.459 e. The maximum atomic E-state index is 12.6. The van der Waals surface area contributed by atoms with E-state index in [1.807, 2.05) is 33.8 Å². The van der Waals surface area contributed by atoms with Gasteiger partial charge in [0.15, 0.2) is 11.5 Å². The number of nitrogens with zero attached hydrogens (tertiary/aromatic N) is 2. The maximum absolute atomic E-state index is 12.6. The minimum absolute atomic E-state index is 0.0609. The van der Waals surface area contributed by atoms with E-state index in [1.165, 1.54) is 11.8 Å². The first kappa shape index (κ1) is 16.0. The Kier molecular flexibility index (Phi) is 3.97. The average Bonchev–Trinajstić information content (AvgIpc) is 3.19. The van der Waals surface area contributed by atoms with E-state index in [0.717, 1.165) is 21.4 Å².